The molecule has 0 saturated carbocycles. The van der Waals surface area contributed by atoms with E-state index >= 15 is 0 Å². The van der Waals surface area contributed by atoms with Gasteiger partial charge in [0.15, 0.2) is 5.82 Å². The number of nitrogens with zero attached hydrogens (tertiary/aromatic N) is 4. The lowest BCUT2D eigenvalue weighted by Crippen LogP contribution is -2.63. The van der Waals surface area contributed by atoms with E-state index in [0.717, 1.165) is 12.3 Å². The van der Waals surface area contributed by atoms with Gasteiger partial charge in [-0.2, -0.15) is 13.2 Å². The van der Waals surface area contributed by atoms with Gasteiger partial charge >= 0.3 is 6.18 Å². The largest absolute Gasteiger partial charge is 0.417 e. The summed E-state index contributed by atoms with van der Waals surface area (Å²) in [6.45, 7) is 1.17. The van der Waals surface area contributed by atoms with Crippen molar-refractivity contribution in [2.24, 2.45) is 0 Å². The highest BCUT2D eigenvalue weighted by Gasteiger charge is 2.43. The first kappa shape index (κ1) is 18.4. The van der Waals surface area contributed by atoms with Crippen LogP contribution in [0.5, 0.6) is 0 Å². The average Bonchev–Trinajstić information content (AvgIpc) is 2.62. The number of methoxy groups -OCH3 is 1. The maximum Gasteiger partial charge on any atom is 0.417 e. The van der Waals surface area contributed by atoms with Gasteiger partial charge in [-0.3, -0.25) is 9.59 Å². The van der Waals surface area contributed by atoms with Crippen molar-refractivity contribution in [1.82, 2.24) is 9.88 Å². The highest BCUT2D eigenvalue weighted by atomic mass is 19.4. The number of hydrogen-bond acceptors (Lipinski definition) is 5. The number of carbonyl (C=O) groups is 2. The van der Waals surface area contributed by atoms with Crippen LogP contribution in [0.3, 0.4) is 0 Å². The molecule has 0 N–H and O–H groups in total. The first-order valence-electron chi connectivity index (χ1n) is 8.12. The van der Waals surface area contributed by atoms with Crippen LogP contribution < -0.4 is 9.80 Å². The zero-order valence-corrected chi connectivity index (χ0v) is 14.4. The molecule has 1 aromatic rings. The van der Waals surface area contributed by atoms with Crippen LogP contribution in [0.2, 0.25) is 0 Å². The minimum atomic E-state index is -4.53. The molecule has 0 spiro atoms. The van der Waals surface area contributed by atoms with Crippen LogP contribution in [0.4, 0.5) is 24.7 Å². The van der Waals surface area contributed by atoms with E-state index in [9.17, 15) is 22.8 Å². The number of fused-ring (bicyclic) bond motifs is 3. The normalized spacial score (nSPS) is 20.1. The molecule has 7 nitrogen and oxygen atoms in total. The molecule has 2 aliphatic rings. The van der Waals surface area contributed by atoms with Gasteiger partial charge in [0.2, 0.25) is 5.91 Å². The van der Waals surface area contributed by atoms with Crippen molar-refractivity contribution in [3.63, 3.8) is 0 Å². The fraction of sp³-hybridized carbons (Fsp3) is 0.562. The number of hydrogen-bond donors (Lipinski definition) is 0. The van der Waals surface area contributed by atoms with E-state index < -0.39 is 17.8 Å². The summed E-state index contributed by atoms with van der Waals surface area (Å²) in [5.41, 5.74) is -0.775. The van der Waals surface area contributed by atoms with Gasteiger partial charge in [-0.05, 0) is 6.07 Å². The topological polar surface area (TPSA) is 66.0 Å². The Morgan fingerprint density at radius 1 is 1.38 bits per heavy atom. The summed E-state index contributed by atoms with van der Waals surface area (Å²) in [5, 5.41) is 0. The molecule has 0 aromatic carbocycles. The van der Waals surface area contributed by atoms with Gasteiger partial charge in [0.25, 0.3) is 5.91 Å². The monoisotopic (exact) mass is 372 g/mol. The van der Waals surface area contributed by atoms with Crippen molar-refractivity contribution in [3.8, 4) is 0 Å². The second kappa shape index (κ2) is 6.75. The van der Waals surface area contributed by atoms with Gasteiger partial charge in [0, 0.05) is 33.4 Å². The highest BCUT2D eigenvalue weighted by Crippen LogP contribution is 2.39. The molecule has 1 saturated heterocycles. The van der Waals surface area contributed by atoms with Crippen LogP contribution in [0.1, 0.15) is 12.0 Å². The molecule has 2 amide bonds. The van der Waals surface area contributed by atoms with Gasteiger partial charge in [-0.25, -0.2) is 4.98 Å². The lowest BCUT2D eigenvalue weighted by atomic mass is 10.0. The Kier molecular flexibility index (Phi) is 4.78. The molecule has 1 fully saturated rings. The van der Waals surface area contributed by atoms with E-state index in [2.05, 4.69) is 4.98 Å². The molecule has 0 aliphatic carbocycles. The highest BCUT2D eigenvalue weighted by molar-refractivity contribution is 6.05. The van der Waals surface area contributed by atoms with Crippen molar-refractivity contribution in [2.45, 2.75) is 18.6 Å². The van der Waals surface area contributed by atoms with Crippen molar-refractivity contribution < 1.29 is 27.5 Å². The van der Waals surface area contributed by atoms with E-state index in [4.69, 9.17) is 4.74 Å². The number of amides is 2. The summed E-state index contributed by atoms with van der Waals surface area (Å²) < 4.78 is 43.7. The number of alkyl halides is 3. The van der Waals surface area contributed by atoms with Crippen LogP contribution >= 0.6 is 0 Å². The Balaban J connectivity index is 1.87. The number of halogens is 3. The summed E-state index contributed by atoms with van der Waals surface area (Å²) in [7, 11) is 2.93. The third-order valence-corrected chi connectivity index (χ3v) is 4.68. The van der Waals surface area contributed by atoms with Gasteiger partial charge < -0.3 is 19.4 Å². The number of ether oxygens (including phenoxy) is 1. The molecule has 3 rings (SSSR count). The first-order chi connectivity index (χ1) is 12.2. The van der Waals surface area contributed by atoms with Gasteiger partial charge in [0.05, 0.1) is 30.8 Å². The van der Waals surface area contributed by atoms with E-state index in [1.54, 1.807) is 9.80 Å². The summed E-state index contributed by atoms with van der Waals surface area (Å²) in [5.74, 6) is -0.148. The number of aromatic nitrogens is 1. The molecule has 2 aliphatic heterocycles. The van der Waals surface area contributed by atoms with Crippen molar-refractivity contribution in [3.05, 3.63) is 17.8 Å². The molecule has 142 valence electrons. The molecule has 0 bridgehead atoms. The molecule has 1 aromatic heterocycles. The third kappa shape index (κ3) is 3.20. The summed E-state index contributed by atoms with van der Waals surface area (Å²) >= 11 is 0. The molecule has 1 unspecified atom stereocenters. The quantitative estimate of drug-likeness (QED) is 0.796. The molecular formula is C16H19F3N4O3. The molecule has 10 heteroatoms. The van der Waals surface area contributed by atoms with E-state index in [1.165, 1.54) is 19.1 Å². The average molecular weight is 372 g/mol. The Morgan fingerprint density at radius 3 is 2.77 bits per heavy atom. The first-order valence-corrected chi connectivity index (χ1v) is 8.12. The fourth-order valence-electron chi connectivity index (χ4n) is 3.23. The maximum atomic E-state index is 12.9. The molecule has 26 heavy (non-hydrogen) atoms. The fourth-order valence-corrected chi connectivity index (χ4v) is 3.23. The van der Waals surface area contributed by atoms with Crippen LogP contribution in [0, 0.1) is 0 Å². The molecule has 0 radical (unpaired) electrons. The predicted molar refractivity (Wildman–Crippen MR) is 86.9 cm³/mol. The Hall–Kier alpha value is -2.36. The number of pyridine rings is 1. The van der Waals surface area contributed by atoms with Gasteiger partial charge in [-0.1, -0.05) is 0 Å². The van der Waals surface area contributed by atoms with Crippen molar-refractivity contribution >= 4 is 23.3 Å². The summed E-state index contributed by atoms with van der Waals surface area (Å²) in [6, 6.07) is 0.281. The van der Waals surface area contributed by atoms with Gasteiger partial charge in [0.1, 0.15) is 6.04 Å². The zero-order chi connectivity index (χ0) is 19.1. The minimum absolute atomic E-state index is 0.117. The lowest BCUT2D eigenvalue weighted by molar-refractivity contribution is -0.138. The molecule has 1 atom stereocenters. The molecular weight excluding hydrogens is 353 g/mol. The standard InChI is InChI=1S/C16H19F3N4O3/c1-21-11-7-10(16(17,18)19)8-20-14(11)23-5-4-22(9-12(23)15(21)25)13(24)3-6-26-2/h7-8,12H,3-6,9H2,1-2H3. The Bertz CT molecular complexity index is 725. The second-order valence-electron chi connectivity index (χ2n) is 6.25. The van der Waals surface area contributed by atoms with Crippen LogP contribution in [-0.4, -0.2) is 68.1 Å². The SMILES string of the molecule is COCCC(=O)N1CCN2c3ncc(C(F)(F)F)cc3N(C)C(=O)C2C1. The van der Waals surface area contributed by atoms with Crippen LogP contribution in [0.15, 0.2) is 12.3 Å². The van der Waals surface area contributed by atoms with Crippen molar-refractivity contribution in [2.75, 3.05) is 50.2 Å². The maximum absolute atomic E-state index is 12.9. The predicted octanol–water partition coefficient (Wildman–Crippen LogP) is 1.13. The summed E-state index contributed by atoms with van der Waals surface area (Å²) in [6.07, 6.45) is -3.54. The van der Waals surface area contributed by atoms with E-state index in [0.29, 0.717) is 25.5 Å². The Labute approximate surface area is 148 Å². The lowest BCUT2D eigenvalue weighted by Gasteiger charge is -2.46. The Morgan fingerprint density at radius 2 is 2.12 bits per heavy atom. The number of likely N-dealkylation sites (N-methyl/N-ethyl adjacent to an activating group) is 1. The number of piperazine rings is 1. The summed E-state index contributed by atoms with van der Waals surface area (Å²) in [4.78, 5) is 33.3. The second-order valence-corrected chi connectivity index (χ2v) is 6.25. The van der Waals surface area contributed by atoms with E-state index in [1.807, 2.05) is 0 Å². The zero-order valence-electron chi connectivity index (χ0n) is 14.4. The molecule has 3 heterocycles. The van der Waals surface area contributed by atoms with Crippen LogP contribution in [-0.2, 0) is 20.5 Å². The third-order valence-electron chi connectivity index (χ3n) is 4.68. The van der Waals surface area contributed by atoms with Crippen LogP contribution in [0.25, 0.3) is 0 Å². The van der Waals surface area contributed by atoms with E-state index in [-0.39, 0.29) is 30.5 Å². The minimum Gasteiger partial charge on any atom is -0.384 e. The number of rotatable bonds is 3. The van der Waals surface area contributed by atoms with Crippen molar-refractivity contribution in [1.29, 1.82) is 0 Å². The van der Waals surface area contributed by atoms with Gasteiger partial charge in [-0.15, -0.1) is 0 Å². The number of carbonyl (C=O) groups excluding carboxylic acids is 2. The number of anilines is 2. The smallest absolute Gasteiger partial charge is 0.384 e.